The highest BCUT2D eigenvalue weighted by Gasteiger charge is 2.33. The number of hydrogen-bond acceptors (Lipinski definition) is 2. The molecule has 1 saturated carbocycles. The van der Waals surface area contributed by atoms with Gasteiger partial charge in [-0.2, -0.15) is 0 Å². The molecule has 1 aliphatic carbocycles. The van der Waals surface area contributed by atoms with Crippen LogP contribution in [-0.2, 0) is 11.3 Å². The summed E-state index contributed by atoms with van der Waals surface area (Å²) >= 11 is 0. The third kappa shape index (κ3) is 3.58. The molecule has 2 heteroatoms. The first-order valence-corrected chi connectivity index (χ1v) is 7.45. The van der Waals surface area contributed by atoms with Gasteiger partial charge in [0.05, 0.1) is 12.2 Å². The van der Waals surface area contributed by atoms with Crippen LogP contribution in [0.3, 0.4) is 0 Å². The minimum absolute atomic E-state index is 0.0807. The normalized spacial score (nSPS) is 27.5. The predicted molar refractivity (Wildman–Crippen MR) is 80.1 cm³/mol. The van der Waals surface area contributed by atoms with E-state index >= 15 is 0 Å². The van der Waals surface area contributed by atoms with Gasteiger partial charge in [-0.1, -0.05) is 30.7 Å². The third-order valence-electron chi connectivity index (χ3n) is 4.60. The lowest BCUT2D eigenvalue weighted by Crippen LogP contribution is -2.43. The number of benzene rings is 1. The smallest absolute Gasteiger partial charge is 0.0808 e. The van der Waals surface area contributed by atoms with Gasteiger partial charge in [0.1, 0.15) is 0 Å². The van der Waals surface area contributed by atoms with Crippen molar-refractivity contribution in [3.63, 3.8) is 0 Å². The monoisotopic (exact) mass is 261 g/mol. The van der Waals surface area contributed by atoms with Crippen molar-refractivity contribution in [3.05, 3.63) is 34.9 Å². The van der Waals surface area contributed by atoms with Crippen LogP contribution in [0.2, 0.25) is 0 Å². The molecule has 2 N–H and O–H groups in total. The fourth-order valence-electron chi connectivity index (χ4n) is 2.88. The van der Waals surface area contributed by atoms with Gasteiger partial charge in [-0.25, -0.2) is 0 Å². The molecule has 1 aliphatic rings. The first-order chi connectivity index (χ1) is 9.04. The average molecular weight is 261 g/mol. The highest BCUT2D eigenvalue weighted by atomic mass is 16.5. The second kappa shape index (κ2) is 6.06. The van der Waals surface area contributed by atoms with Crippen molar-refractivity contribution < 1.29 is 4.74 Å². The van der Waals surface area contributed by atoms with Crippen molar-refractivity contribution in [2.24, 2.45) is 11.7 Å². The van der Waals surface area contributed by atoms with E-state index < -0.39 is 0 Å². The molecule has 2 rings (SSSR count). The van der Waals surface area contributed by atoms with E-state index in [2.05, 4.69) is 39.0 Å². The molecular weight excluding hydrogens is 234 g/mol. The van der Waals surface area contributed by atoms with Crippen LogP contribution in [0.1, 0.15) is 49.3 Å². The van der Waals surface area contributed by atoms with Gasteiger partial charge in [-0.05, 0) is 56.6 Å². The molecule has 1 aromatic carbocycles. The summed E-state index contributed by atoms with van der Waals surface area (Å²) in [4.78, 5) is 0. The summed E-state index contributed by atoms with van der Waals surface area (Å²) in [7, 11) is 0. The van der Waals surface area contributed by atoms with Gasteiger partial charge < -0.3 is 10.5 Å². The highest BCUT2D eigenvalue weighted by Crippen LogP contribution is 2.34. The van der Waals surface area contributed by atoms with Crippen molar-refractivity contribution >= 4 is 0 Å². The van der Waals surface area contributed by atoms with Crippen LogP contribution in [0, 0.1) is 19.8 Å². The quantitative estimate of drug-likeness (QED) is 0.896. The van der Waals surface area contributed by atoms with E-state index in [1.54, 1.807) is 0 Å². The van der Waals surface area contributed by atoms with E-state index in [1.165, 1.54) is 29.5 Å². The van der Waals surface area contributed by atoms with Crippen LogP contribution in [-0.4, -0.2) is 12.1 Å². The Kier molecular flexibility index (Phi) is 4.64. The minimum atomic E-state index is -0.0807. The number of nitrogens with two attached hydrogens (primary N) is 1. The maximum absolute atomic E-state index is 6.26. The molecule has 0 unspecified atom stereocenters. The van der Waals surface area contributed by atoms with Gasteiger partial charge in [-0.15, -0.1) is 0 Å². The van der Waals surface area contributed by atoms with Gasteiger partial charge in [0.25, 0.3) is 0 Å². The molecule has 0 aliphatic heterocycles. The van der Waals surface area contributed by atoms with E-state index in [-0.39, 0.29) is 5.60 Å². The standard InChI is InChI=1S/C17H27NO/c1-13-6-8-17(12-18,9-7-13)19-11-16-10-14(2)4-5-15(16)3/h4-5,10,13H,6-9,11-12,18H2,1-3H3. The Balaban J connectivity index is 2.01. The van der Waals surface area contributed by atoms with E-state index in [0.717, 1.165) is 18.8 Å². The maximum atomic E-state index is 6.26. The second-order valence-electron chi connectivity index (χ2n) is 6.29. The number of ether oxygens (including phenoxy) is 1. The van der Waals surface area contributed by atoms with Crippen LogP contribution in [0.4, 0.5) is 0 Å². The van der Waals surface area contributed by atoms with Crippen LogP contribution >= 0.6 is 0 Å². The topological polar surface area (TPSA) is 35.2 Å². The second-order valence-corrected chi connectivity index (χ2v) is 6.29. The third-order valence-corrected chi connectivity index (χ3v) is 4.60. The maximum Gasteiger partial charge on any atom is 0.0808 e. The zero-order chi connectivity index (χ0) is 13.9. The molecule has 0 heterocycles. The molecule has 106 valence electrons. The van der Waals surface area contributed by atoms with E-state index in [1.807, 2.05) is 0 Å². The van der Waals surface area contributed by atoms with Gasteiger partial charge in [-0.3, -0.25) is 0 Å². The van der Waals surface area contributed by atoms with Gasteiger partial charge in [0, 0.05) is 6.54 Å². The molecule has 0 atom stereocenters. The lowest BCUT2D eigenvalue weighted by molar-refractivity contribution is -0.0800. The predicted octanol–water partition coefficient (Wildman–Crippen LogP) is 3.73. The van der Waals surface area contributed by atoms with Crippen LogP contribution in [0.15, 0.2) is 18.2 Å². The lowest BCUT2D eigenvalue weighted by atomic mass is 9.79. The van der Waals surface area contributed by atoms with E-state index in [9.17, 15) is 0 Å². The van der Waals surface area contributed by atoms with Crippen molar-refractivity contribution in [2.75, 3.05) is 6.54 Å². The molecule has 2 nitrogen and oxygen atoms in total. The number of aryl methyl sites for hydroxylation is 2. The van der Waals surface area contributed by atoms with Crippen molar-refractivity contribution in [2.45, 2.75) is 58.7 Å². The fraction of sp³-hybridized carbons (Fsp3) is 0.647. The van der Waals surface area contributed by atoms with Gasteiger partial charge in [0.2, 0.25) is 0 Å². The fourth-order valence-corrected chi connectivity index (χ4v) is 2.88. The molecule has 0 aromatic heterocycles. The zero-order valence-electron chi connectivity index (χ0n) is 12.5. The van der Waals surface area contributed by atoms with Crippen LogP contribution < -0.4 is 5.73 Å². The van der Waals surface area contributed by atoms with Crippen LogP contribution in [0.5, 0.6) is 0 Å². The van der Waals surface area contributed by atoms with Crippen molar-refractivity contribution in [3.8, 4) is 0 Å². The summed E-state index contributed by atoms with van der Waals surface area (Å²) in [6.45, 7) is 7.94. The summed E-state index contributed by atoms with van der Waals surface area (Å²) < 4.78 is 6.26. The van der Waals surface area contributed by atoms with Gasteiger partial charge >= 0.3 is 0 Å². The first-order valence-electron chi connectivity index (χ1n) is 7.45. The summed E-state index contributed by atoms with van der Waals surface area (Å²) in [6, 6.07) is 6.55. The Bertz CT molecular complexity index is 419. The summed E-state index contributed by atoms with van der Waals surface area (Å²) in [5, 5.41) is 0. The Morgan fingerprint density at radius 2 is 1.95 bits per heavy atom. The first kappa shape index (κ1) is 14.5. The van der Waals surface area contributed by atoms with Gasteiger partial charge in [0.15, 0.2) is 0 Å². The minimum Gasteiger partial charge on any atom is -0.369 e. The van der Waals surface area contributed by atoms with Crippen molar-refractivity contribution in [1.29, 1.82) is 0 Å². The number of rotatable bonds is 4. The average Bonchev–Trinajstić information content (AvgIpc) is 2.42. The Morgan fingerprint density at radius 1 is 1.26 bits per heavy atom. The number of hydrogen-bond donors (Lipinski definition) is 1. The molecule has 0 radical (unpaired) electrons. The summed E-state index contributed by atoms with van der Waals surface area (Å²) in [5.41, 5.74) is 9.81. The Hall–Kier alpha value is -0.860. The SMILES string of the molecule is Cc1ccc(C)c(COC2(CN)CCC(C)CC2)c1. The molecule has 0 amide bonds. The summed E-state index contributed by atoms with van der Waals surface area (Å²) in [6.07, 6.45) is 4.69. The largest absolute Gasteiger partial charge is 0.369 e. The summed E-state index contributed by atoms with van der Waals surface area (Å²) in [5.74, 6) is 0.823. The van der Waals surface area contributed by atoms with E-state index in [4.69, 9.17) is 10.5 Å². The molecule has 0 bridgehead atoms. The van der Waals surface area contributed by atoms with Crippen LogP contribution in [0.25, 0.3) is 0 Å². The molecule has 0 saturated heterocycles. The molecular formula is C17H27NO. The molecule has 0 spiro atoms. The lowest BCUT2D eigenvalue weighted by Gasteiger charge is -2.38. The zero-order valence-corrected chi connectivity index (χ0v) is 12.5. The van der Waals surface area contributed by atoms with Crippen molar-refractivity contribution in [1.82, 2.24) is 0 Å². The van der Waals surface area contributed by atoms with E-state index in [0.29, 0.717) is 13.2 Å². The Morgan fingerprint density at radius 3 is 2.58 bits per heavy atom. The molecule has 19 heavy (non-hydrogen) atoms. The Labute approximate surface area is 117 Å². The highest BCUT2D eigenvalue weighted by molar-refractivity contribution is 5.29. The molecule has 1 fully saturated rings. The molecule has 1 aromatic rings.